The highest BCUT2D eigenvalue weighted by Gasteiger charge is 2.30. The molecular weight excluding hydrogens is 446 g/mol. The summed E-state index contributed by atoms with van der Waals surface area (Å²) in [6.45, 7) is 4.46. The number of sulfonamides is 1. The quantitative estimate of drug-likeness (QED) is 0.619. The minimum absolute atomic E-state index is 0.0182. The average Bonchev–Trinajstić information content (AvgIpc) is 2.88. The molecule has 2 heterocycles. The number of hydrogen-bond donors (Lipinski definition) is 1. The maximum atomic E-state index is 12.8. The third kappa shape index (κ3) is 6.78. The minimum atomic E-state index is -3.49. The Hall–Kier alpha value is -2.48. The number of nitrogens with one attached hydrogen (secondary N) is 1. The van der Waals surface area contributed by atoms with Crippen LogP contribution in [0.5, 0.6) is 0 Å². The van der Waals surface area contributed by atoms with Crippen molar-refractivity contribution in [3.05, 3.63) is 76.7 Å². The highest BCUT2D eigenvalue weighted by atomic mass is 32.2. The molecule has 0 atom stereocenters. The number of carbonyl (C=O) groups is 1. The Morgan fingerprint density at radius 2 is 1.53 bits per heavy atom. The Bertz CT molecular complexity index is 1070. The van der Waals surface area contributed by atoms with E-state index in [-0.39, 0.29) is 11.8 Å². The van der Waals surface area contributed by atoms with E-state index in [1.807, 2.05) is 36.4 Å². The third-order valence-electron chi connectivity index (χ3n) is 6.83. The molecule has 1 amide bonds. The van der Waals surface area contributed by atoms with Crippen molar-refractivity contribution in [3.8, 4) is 0 Å². The number of carbonyl (C=O) groups excluding carboxylic acids is 1. The van der Waals surface area contributed by atoms with Crippen LogP contribution in [0.15, 0.2) is 60.0 Å². The fourth-order valence-electron chi connectivity index (χ4n) is 4.76. The Kier molecular flexibility index (Phi) is 8.53. The van der Waals surface area contributed by atoms with Crippen molar-refractivity contribution in [2.24, 2.45) is 5.92 Å². The number of amides is 1. The van der Waals surface area contributed by atoms with Gasteiger partial charge in [-0.05, 0) is 61.5 Å². The molecule has 2 aliphatic heterocycles. The van der Waals surface area contributed by atoms with Crippen LogP contribution in [-0.4, -0.2) is 49.7 Å². The van der Waals surface area contributed by atoms with Gasteiger partial charge in [0.15, 0.2) is 0 Å². The van der Waals surface area contributed by atoms with Crippen LogP contribution in [0.2, 0.25) is 0 Å². The van der Waals surface area contributed by atoms with Gasteiger partial charge in [0.05, 0.1) is 0 Å². The van der Waals surface area contributed by atoms with E-state index >= 15 is 0 Å². The van der Waals surface area contributed by atoms with Crippen molar-refractivity contribution in [1.29, 1.82) is 0 Å². The Balaban J connectivity index is 1.27. The van der Waals surface area contributed by atoms with Crippen LogP contribution in [-0.2, 0) is 27.9 Å². The van der Waals surface area contributed by atoms with Gasteiger partial charge in [-0.3, -0.25) is 9.69 Å². The van der Waals surface area contributed by atoms with E-state index in [1.165, 1.54) is 34.5 Å². The zero-order valence-corrected chi connectivity index (χ0v) is 20.6. The molecule has 0 spiro atoms. The second-order valence-corrected chi connectivity index (χ2v) is 11.1. The fourth-order valence-corrected chi connectivity index (χ4v) is 5.98. The van der Waals surface area contributed by atoms with Crippen LogP contribution in [0.1, 0.15) is 48.8 Å². The minimum Gasteiger partial charge on any atom is -0.352 e. The first kappa shape index (κ1) is 24.6. The molecule has 0 bridgehead atoms. The average molecular weight is 482 g/mol. The van der Waals surface area contributed by atoms with Crippen molar-refractivity contribution in [2.75, 3.05) is 26.2 Å². The lowest BCUT2D eigenvalue weighted by Gasteiger charge is -2.30. The lowest BCUT2D eigenvalue weighted by atomic mass is 9.97. The molecule has 0 unspecified atom stereocenters. The van der Waals surface area contributed by atoms with E-state index < -0.39 is 10.0 Å². The molecule has 2 aliphatic rings. The number of likely N-dealkylation sites (tertiary alicyclic amines) is 1. The van der Waals surface area contributed by atoms with Crippen molar-refractivity contribution in [1.82, 2.24) is 14.5 Å². The monoisotopic (exact) mass is 481 g/mol. The van der Waals surface area contributed by atoms with E-state index in [2.05, 4.69) is 28.4 Å². The molecule has 2 aromatic carbocycles. The number of rotatable bonds is 8. The van der Waals surface area contributed by atoms with Crippen molar-refractivity contribution in [2.45, 2.75) is 45.2 Å². The summed E-state index contributed by atoms with van der Waals surface area (Å²) in [5, 5.41) is 4.37. The predicted molar refractivity (Wildman–Crippen MR) is 136 cm³/mol. The maximum absolute atomic E-state index is 12.8. The largest absolute Gasteiger partial charge is 0.352 e. The molecule has 0 radical (unpaired) electrons. The summed E-state index contributed by atoms with van der Waals surface area (Å²) < 4.78 is 26.8. The van der Waals surface area contributed by atoms with Crippen LogP contribution in [0.3, 0.4) is 0 Å². The van der Waals surface area contributed by atoms with E-state index in [4.69, 9.17) is 0 Å². The van der Waals surface area contributed by atoms with Crippen LogP contribution in [0.4, 0.5) is 0 Å². The first-order valence-electron chi connectivity index (χ1n) is 12.3. The van der Waals surface area contributed by atoms with Gasteiger partial charge in [0.25, 0.3) is 0 Å². The summed E-state index contributed by atoms with van der Waals surface area (Å²) in [5.74, 6) is -0.136. The van der Waals surface area contributed by atoms with Gasteiger partial charge in [0.1, 0.15) is 0 Å². The SMILES string of the molecule is O=C(NCc1ccccc1CN1CCCCC1)C1CCN(S(=O)(=O)/C=C/c2ccccc2)CC1. The number of piperidine rings is 2. The summed E-state index contributed by atoms with van der Waals surface area (Å²) in [6.07, 6.45) is 6.54. The van der Waals surface area contributed by atoms with Gasteiger partial charge in [-0.15, -0.1) is 0 Å². The van der Waals surface area contributed by atoms with Gasteiger partial charge < -0.3 is 5.32 Å². The van der Waals surface area contributed by atoms with Gasteiger partial charge in [0.2, 0.25) is 15.9 Å². The van der Waals surface area contributed by atoms with Crippen molar-refractivity contribution in [3.63, 3.8) is 0 Å². The van der Waals surface area contributed by atoms with Gasteiger partial charge in [-0.25, -0.2) is 8.42 Å². The smallest absolute Gasteiger partial charge is 0.236 e. The fraction of sp³-hybridized carbons (Fsp3) is 0.444. The second kappa shape index (κ2) is 11.8. The van der Waals surface area contributed by atoms with Crippen molar-refractivity contribution < 1.29 is 13.2 Å². The summed E-state index contributed by atoms with van der Waals surface area (Å²) in [4.78, 5) is 15.3. The lowest BCUT2D eigenvalue weighted by Crippen LogP contribution is -2.42. The zero-order chi connectivity index (χ0) is 23.8. The molecule has 182 valence electrons. The van der Waals surface area contributed by atoms with Gasteiger partial charge in [0, 0.05) is 37.5 Å². The summed E-state index contributed by atoms with van der Waals surface area (Å²) in [6, 6.07) is 17.7. The van der Waals surface area contributed by atoms with Gasteiger partial charge in [-0.2, -0.15) is 4.31 Å². The van der Waals surface area contributed by atoms with Gasteiger partial charge in [-0.1, -0.05) is 61.0 Å². The Labute approximate surface area is 203 Å². The molecule has 0 aliphatic carbocycles. The Morgan fingerprint density at radius 1 is 0.882 bits per heavy atom. The molecule has 34 heavy (non-hydrogen) atoms. The molecule has 2 fully saturated rings. The normalized spacial score (nSPS) is 18.8. The predicted octanol–water partition coefficient (Wildman–Crippen LogP) is 4.00. The Morgan fingerprint density at radius 3 is 2.24 bits per heavy atom. The van der Waals surface area contributed by atoms with Crippen molar-refractivity contribution >= 4 is 22.0 Å². The maximum Gasteiger partial charge on any atom is 0.236 e. The summed E-state index contributed by atoms with van der Waals surface area (Å²) in [5.41, 5.74) is 3.28. The van der Waals surface area contributed by atoms with Crippen LogP contribution in [0, 0.1) is 5.92 Å². The zero-order valence-electron chi connectivity index (χ0n) is 19.7. The van der Waals surface area contributed by atoms with Crippen LogP contribution in [0.25, 0.3) is 6.08 Å². The number of hydrogen-bond acceptors (Lipinski definition) is 4. The third-order valence-corrected chi connectivity index (χ3v) is 8.40. The van der Waals surface area contributed by atoms with Crippen LogP contribution < -0.4 is 5.32 Å². The molecule has 7 heteroatoms. The van der Waals surface area contributed by atoms with E-state index in [0.717, 1.165) is 30.8 Å². The molecule has 2 saturated heterocycles. The summed E-state index contributed by atoms with van der Waals surface area (Å²) in [7, 11) is -3.49. The van der Waals surface area contributed by atoms with E-state index in [9.17, 15) is 13.2 Å². The molecule has 2 aromatic rings. The highest BCUT2D eigenvalue weighted by Crippen LogP contribution is 2.22. The topological polar surface area (TPSA) is 69.7 Å². The highest BCUT2D eigenvalue weighted by molar-refractivity contribution is 7.92. The molecule has 0 aromatic heterocycles. The second-order valence-electron chi connectivity index (χ2n) is 9.26. The standard InChI is InChI=1S/C27H35N3O3S/c31-27(28-21-25-11-5-6-12-26(25)22-29-16-7-2-8-17-29)24-13-18-30(19-14-24)34(32,33)20-15-23-9-3-1-4-10-23/h1,3-6,9-12,15,20,24H,2,7-8,13-14,16-19,21-22H2,(H,28,31)/b20-15+. The molecule has 0 saturated carbocycles. The van der Waals surface area contributed by atoms with E-state index in [0.29, 0.717) is 32.5 Å². The first-order chi connectivity index (χ1) is 16.5. The van der Waals surface area contributed by atoms with Crippen LogP contribution >= 0.6 is 0 Å². The molecule has 6 nitrogen and oxygen atoms in total. The molecule has 1 N–H and O–H groups in total. The lowest BCUT2D eigenvalue weighted by molar-refractivity contribution is -0.126. The first-order valence-corrected chi connectivity index (χ1v) is 13.8. The van der Waals surface area contributed by atoms with E-state index in [1.54, 1.807) is 6.08 Å². The van der Waals surface area contributed by atoms with Gasteiger partial charge >= 0.3 is 0 Å². The number of nitrogens with zero attached hydrogens (tertiary/aromatic N) is 2. The molecule has 4 rings (SSSR count). The number of benzene rings is 2. The summed E-state index contributed by atoms with van der Waals surface area (Å²) >= 11 is 0. The molecular formula is C27H35N3O3S.